The normalized spacial score (nSPS) is 22.4. The highest BCUT2D eigenvalue weighted by atomic mass is 35.5. The van der Waals surface area contributed by atoms with Crippen molar-refractivity contribution in [1.82, 2.24) is 9.97 Å². The first kappa shape index (κ1) is 15.3. The molecular weight excluding hydrogens is 334 g/mol. The molecule has 0 N–H and O–H groups in total. The zero-order chi connectivity index (χ0) is 15.8. The van der Waals surface area contributed by atoms with Gasteiger partial charge >= 0.3 is 0 Å². The van der Waals surface area contributed by atoms with Crippen molar-refractivity contribution in [1.29, 1.82) is 0 Å². The maximum Gasteiger partial charge on any atom is 0.224 e. The first-order valence-corrected chi connectivity index (χ1v) is 9.06. The lowest BCUT2D eigenvalue weighted by Gasteiger charge is -2.34. The number of nitrogens with zero attached hydrogens (tertiary/aromatic N) is 3. The van der Waals surface area contributed by atoms with Crippen molar-refractivity contribution in [2.45, 2.75) is 19.4 Å². The molecule has 0 bridgehead atoms. The molecule has 0 spiro atoms. The molecule has 0 unspecified atom stereocenters. The molecule has 1 fully saturated rings. The number of hydrogen-bond acceptors (Lipinski definition) is 6. The summed E-state index contributed by atoms with van der Waals surface area (Å²) in [7, 11) is 0. The summed E-state index contributed by atoms with van der Waals surface area (Å²) >= 11 is 7.93. The molecule has 5 nitrogen and oxygen atoms in total. The van der Waals surface area contributed by atoms with Gasteiger partial charge < -0.3 is 14.4 Å². The van der Waals surface area contributed by atoms with Gasteiger partial charge in [0, 0.05) is 17.5 Å². The van der Waals surface area contributed by atoms with E-state index in [0.717, 1.165) is 35.6 Å². The molecule has 0 radical (unpaired) electrons. The smallest absolute Gasteiger partial charge is 0.224 e. The van der Waals surface area contributed by atoms with Crippen LogP contribution in [-0.4, -0.2) is 49.0 Å². The van der Waals surface area contributed by atoms with Gasteiger partial charge in [0.25, 0.3) is 0 Å². The zero-order valence-corrected chi connectivity index (χ0v) is 14.5. The molecule has 122 valence electrons. The van der Waals surface area contributed by atoms with E-state index in [1.165, 1.54) is 11.1 Å². The average Bonchev–Trinajstić information content (AvgIpc) is 2.99. The molecule has 4 rings (SSSR count). The van der Waals surface area contributed by atoms with Gasteiger partial charge in [0.15, 0.2) is 5.82 Å². The Morgan fingerprint density at radius 1 is 1.30 bits per heavy atom. The van der Waals surface area contributed by atoms with Crippen LogP contribution in [0.1, 0.15) is 18.9 Å². The fraction of sp³-hybridized carbons (Fsp3) is 0.500. The highest BCUT2D eigenvalue weighted by Crippen LogP contribution is 2.38. The van der Waals surface area contributed by atoms with Crippen LogP contribution in [0.5, 0.6) is 0 Å². The van der Waals surface area contributed by atoms with Crippen LogP contribution in [0.3, 0.4) is 0 Å². The van der Waals surface area contributed by atoms with E-state index < -0.39 is 0 Å². The summed E-state index contributed by atoms with van der Waals surface area (Å²) in [6.07, 6.45) is 3.05. The summed E-state index contributed by atoms with van der Waals surface area (Å²) in [5.41, 5.74) is 3.41. The van der Waals surface area contributed by atoms with Crippen molar-refractivity contribution in [3.63, 3.8) is 0 Å². The van der Waals surface area contributed by atoms with Crippen molar-refractivity contribution < 1.29 is 9.47 Å². The van der Waals surface area contributed by atoms with Crippen molar-refractivity contribution in [2.75, 3.05) is 37.9 Å². The maximum atomic E-state index is 6.24. The first-order valence-electron chi connectivity index (χ1n) is 7.80. The number of halogens is 1. The van der Waals surface area contributed by atoms with E-state index in [0.29, 0.717) is 25.1 Å². The number of hydrogen-bond donors (Lipinski definition) is 0. The predicted molar refractivity (Wildman–Crippen MR) is 93.5 cm³/mol. The Bertz CT molecular complexity index is 761. The van der Waals surface area contributed by atoms with Crippen LogP contribution in [0.2, 0.25) is 5.28 Å². The number of morpholine rings is 1. The molecule has 2 aromatic heterocycles. The predicted octanol–water partition coefficient (Wildman–Crippen LogP) is 3.37. The van der Waals surface area contributed by atoms with Gasteiger partial charge in [-0.15, -0.1) is 11.3 Å². The van der Waals surface area contributed by atoms with E-state index in [2.05, 4.69) is 33.2 Å². The van der Waals surface area contributed by atoms with Crippen molar-refractivity contribution in [3.8, 4) is 0 Å². The van der Waals surface area contributed by atoms with Crippen LogP contribution in [0.25, 0.3) is 15.8 Å². The second-order valence-corrected chi connectivity index (χ2v) is 7.03. The zero-order valence-electron chi connectivity index (χ0n) is 12.9. The highest BCUT2D eigenvalue weighted by molar-refractivity contribution is 7.18. The minimum Gasteiger partial charge on any atom is -0.377 e. The molecule has 2 aliphatic heterocycles. The Morgan fingerprint density at radius 2 is 2.22 bits per heavy atom. The molecule has 0 amide bonds. The van der Waals surface area contributed by atoms with Crippen LogP contribution < -0.4 is 4.90 Å². The quantitative estimate of drug-likeness (QED) is 0.776. The SMILES string of the molecule is C[C@@H]1COCCN1c1nc(Cl)nc2c(C3=CCOCC3)csc12. The Hall–Kier alpha value is -1.21. The summed E-state index contributed by atoms with van der Waals surface area (Å²) < 4.78 is 12.1. The molecule has 4 heterocycles. The molecule has 2 aromatic rings. The molecule has 23 heavy (non-hydrogen) atoms. The second kappa shape index (κ2) is 6.36. The molecule has 0 saturated carbocycles. The van der Waals surface area contributed by atoms with Crippen LogP contribution in [0.4, 0.5) is 5.82 Å². The third-order valence-electron chi connectivity index (χ3n) is 4.32. The number of thiophene rings is 1. The Labute approximate surface area is 143 Å². The number of fused-ring (bicyclic) bond motifs is 1. The van der Waals surface area contributed by atoms with Crippen LogP contribution >= 0.6 is 22.9 Å². The van der Waals surface area contributed by atoms with E-state index in [-0.39, 0.29) is 6.04 Å². The number of anilines is 1. The third kappa shape index (κ3) is 2.85. The molecule has 1 saturated heterocycles. The van der Waals surface area contributed by atoms with Gasteiger partial charge in [0.2, 0.25) is 5.28 Å². The average molecular weight is 352 g/mol. The van der Waals surface area contributed by atoms with E-state index in [1.54, 1.807) is 11.3 Å². The van der Waals surface area contributed by atoms with Crippen molar-refractivity contribution in [3.05, 3.63) is 22.3 Å². The maximum absolute atomic E-state index is 6.24. The monoisotopic (exact) mass is 351 g/mol. The fourth-order valence-corrected chi connectivity index (χ4v) is 4.31. The standard InChI is InChI=1S/C16H18ClN3O2S/c1-10-8-22-7-4-20(10)15-14-13(18-16(17)19-15)12(9-23-14)11-2-5-21-6-3-11/h2,9-10H,3-8H2,1H3/t10-/m1/s1. The summed E-state index contributed by atoms with van der Waals surface area (Å²) in [5, 5.41) is 2.47. The van der Waals surface area contributed by atoms with Crippen molar-refractivity contribution >= 4 is 44.5 Å². The minimum atomic E-state index is 0.283. The molecule has 1 atom stereocenters. The first-order chi connectivity index (χ1) is 11.2. The van der Waals surface area contributed by atoms with Gasteiger partial charge in [-0.3, -0.25) is 0 Å². The van der Waals surface area contributed by atoms with Crippen LogP contribution in [0.15, 0.2) is 11.5 Å². The van der Waals surface area contributed by atoms with Gasteiger partial charge in [-0.2, -0.15) is 4.98 Å². The Morgan fingerprint density at radius 3 is 3.00 bits per heavy atom. The summed E-state index contributed by atoms with van der Waals surface area (Å²) in [6.45, 7) is 5.83. The van der Waals surface area contributed by atoms with E-state index >= 15 is 0 Å². The molecular formula is C16H18ClN3O2S. The Balaban J connectivity index is 1.83. The molecule has 0 aliphatic carbocycles. The van der Waals surface area contributed by atoms with Crippen LogP contribution in [-0.2, 0) is 9.47 Å². The molecule has 2 aliphatic rings. The van der Waals surface area contributed by atoms with Gasteiger partial charge in [0.05, 0.1) is 42.7 Å². The topological polar surface area (TPSA) is 47.5 Å². The van der Waals surface area contributed by atoms with Gasteiger partial charge in [-0.25, -0.2) is 4.98 Å². The second-order valence-electron chi connectivity index (χ2n) is 5.81. The number of rotatable bonds is 2. The molecule has 0 aromatic carbocycles. The summed E-state index contributed by atoms with van der Waals surface area (Å²) in [5.74, 6) is 0.930. The fourth-order valence-electron chi connectivity index (χ4n) is 3.11. The summed E-state index contributed by atoms with van der Waals surface area (Å²) in [4.78, 5) is 11.3. The summed E-state index contributed by atoms with van der Waals surface area (Å²) in [6, 6.07) is 0.283. The van der Waals surface area contributed by atoms with Gasteiger partial charge in [0.1, 0.15) is 0 Å². The highest BCUT2D eigenvalue weighted by Gasteiger charge is 2.25. The lowest BCUT2D eigenvalue weighted by Crippen LogP contribution is -2.44. The van der Waals surface area contributed by atoms with E-state index in [9.17, 15) is 0 Å². The Kier molecular flexibility index (Phi) is 4.24. The van der Waals surface area contributed by atoms with Crippen molar-refractivity contribution in [2.24, 2.45) is 0 Å². The lowest BCUT2D eigenvalue weighted by molar-refractivity contribution is 0.0987. The largest absolute Gasteiger partial charge is 0.377 e. The lowest BCUT2D eigenvalue weighted by atomic mass is 10.0. The molecule has 7 heteroatoms. The number of ether oxygens (including phenoxy) is 2. The van der Waals surface area contributed by atoms with Gasteiger partial charge in [-0.1, -0.05) is 6.08 Å². The van der Waals surface area contributed by atoms with E-state index in [4.69, 9.17) is 21.1 Å². The minimum absolute atomic E-state index is 0.283. The van der Waals surface area contributed by atoms with E-state index in [1.807, 2.05) is 0 Å². The van der Waals surface area contributed by atoms with Crippen LogP contribution in [0, 0.1) is 0 Å². The third-order valence-corrected chi connectivity index (χ3v) is 5.45. The van der Waals surface area contributed by atoms with Gasteiger partial charge in [-0.05, 0) is 30.5 Å². The number of aromatic nitrogens is 2.